The van der Waals surface area contributed by atoms with Gasteiger partial charge in [0.2, 0.25) is 0 Å². The lowest BCUT2D eigenvalue weighted by Crippen LogP contribution is -2.15. The van der Waals surface area contributed by atoms with Gasteiger partial charge in [0, 0.05) is 10.9 Å². The molecule has 1 heterocycles. The molecule has 30 heavy (non-hydrogen) atoms. The minimum atomic E-state index is -0.461. The van der Waals surface area contributed by atoms with Crippen LogP contribution in [0.2, 0.25) is 0 Å². The van der Waals surface area contributed by atoms with Crippen molar-refractivity contribution in [3.8, 4) is 16.9 Å². The fourth-order valence-electron chi connectivity index (χ4n) is 3.12. The van der Waals surface area contributed by atoms with Gasteiger partial charge in [-0.1, -0.05) is 50.2 Å². The van der Waals surface area contributed by atoms with E-state index in [9.17, 15) is 9.59 Å². The summed E-state index contributed by atoms with van der Waals surface area (Å²) in [6.45, 7) is 6.28. The fourth-order valence-corrected chi connectivity index (χ4v) is 4.07. The number of methoxy groups -OCH3 is 1. The topological polar surface area (TPSA) is 64.6 Å². The van der Waals surface area contributed by atoms with Crippen LogP contribution in [0.25, 0.3) is 11.1 Å². The molecule has 1 N–H and O–H groups in total. The first-order chi connectivity index (χ1) is 14.5. The van der Waals surface area contributed by atoms with Crippen molar-refractivity contribution in [1.82, 2.24) is 0 Å². The Morgan fingerprint density at radius 2 is 1.77 bits per heavy atom. The summed E-state index contributed by atoms with van der Waals surface area (Å²) >= 11 is 1.30. The molecular formula is C24H25NO4S. The number of benzene rings is 2. The molecule has 0 aliphatic carbocycles. The lowest BCUT2D eigenvalue weighted by Gasteiger charge is -2.11. The minimum absolute atomic E-state index is 0.250. The maximum atomic E-state index is 12.9. The van der Waals surface area contributed by atoms with Crippen LogP contribution in [0.4, 0.5) is 5.00 Å². The van der Waals surface area contributed by atoms with E-state index in [1.54, 1.807) is 31.2 Å². The number of nitrogens with one attached hydrogen (secondary N) is 1. The molecule has 3 rings (SSSR count). The van der Waals surface area contributed by atoms with Gasteiger partial charge in [-0.15, -0.1) is 11.3 Å². The third kappa shape index (κ3) is 4.54. The van der Waals surface area contributed by atoms with Crippen molar-refractivity contribution >= 4 is 28.2 Å². The molecule has 6 heteroatoms. The predicted molar refractivity (Wildman–Crippen MR) is 121 cm³/mol. The average Bonchev–Trinajstić information content (AvgIpc) is 3.17. The Hall–Kier alpha value is -3.12. The predicted octanol–water partition coefficient (Wildman–Crippen LogP) is 5.98. The largest absolute Gasteiger partial charge is 0.496 e. The van der Waals surface area contributed by atoms with Crippen molar-refractivity contribution in [1.29, 1.82) is 0 Å². The monoisotopic (exact) mass is 423 g/mol. The SMILES string of the molecule is CCOC(=O)c1c(-c2ccc(C(C)C)cc2)csc1NC(=O)c1ccccc1OC. The first kappa shape index (κ1) is 21.6. The van der Waals surface area contributed by atoms with Crippen LogP contribution in [-0.4, -0.2) is 25.6 Å². The molecule has 0 saturated heterocycles. The van der Waals surface area contributed by atoms with Gasteiger partial charge in [0.15, 0.2) is 0 Å². The van der Waals surface area contributed by atoms with Crippen molar-refractivity contribution in [2.45, 2.75) is 26.7 Å². The third-order valence-corrected chi connectivity index (χ3v) is 5.63. The first-order valence-corrected chi connectivity index (χ1v) is 10.7. The molecule has 0 radical (unpaired) electrons. The fraction of sp³-hybridized carbons (Fsp3) is 0.250. The van der Waals surface area contributed by atoms with Gasteiger partial charge in [-0.3, -0.25) is 4.79 Å². The molecule has 0 atom stereocenters. The molecule has 0 spiro atoms. The van der Waals surface area contributed by atoms with Crippen molar-refractivity contribution in [3.63, 3.8) is 0 Å². The highest BCUT2D eigenvalue weighted by Gasteiger charge is 2.24. The summed E-state index contributed by atoms with van der Waals surface area (Å²) in [6.07, 6.45) is 0. The van der Waals surface area contributed by atoms with Crippen LogP contribution in [0, 0.1) is 0 Å². The van der Waals surface area contributed by atoms with Crippen LogP contribution >= 0.6 is 11.3 Å². The summed E-state index contributed by atoms with van der Waals surface area (Å²) in [4.78, 5) is 25.6. The second-order valence-corrected chi connectivity index (χ2v) is 7.88. The Kier molecular flexibility index (Phi) is 6.90. The molecule has 156 valence electrons. The van der Waals surface area contributed by atoms with E-state index in [1.165, 1.54) is 24.0 Å². The van der Waals surface area contributed by atoms with Crippen molar-refractivity contribution in [3.05, 3.63) is 70.6 Å². The van der Waals surface area contributed by atoms with Crippen LogP contribution in [0.1, 0.15) is 53.0 Å². The summed E-state index contributed by atoms with van der Waals surface area (Å²) in [6, 6.07) is 15.1. The van der Waals surface area contributed by atoms with Gasteiger partial charge in [0.25, 0.3) is 5.91 Å². The van der Waals surface area contributed by atoms with E-state index in [4.69, 9.17) is 9.47 Å². The quantitative estimate of drug-likeness (QED) is 0.475. The number of carbonyl (C=O) groups is 2. The molecule has 5 nitrogen and oxygen atoms in total. The normalized spacial score (nSPS) is 10.7. The summed E-state index contributed by atoms with van der Waals surface area (Å²) < 4.78 is 10.6. The van der Waals surface area contributed by atoms with Crippen LogP contribution in [0.15, 0.2) is 53.9 Å². The standard InChI is InChI=1S/C24H25NO4S/c1-5-29-24(27)21-19(17-12-10-16(11-13-17)15(2)3)14-30-23(21)25-22(26)18-8-6-7-9-20(18)28-4/h6-15H,5H2,1-4H3,(H,25,26). The first-order valence-electron chi connectivity index (χ1n) is 9.79. The van der Waals surface area contributed by atoms with Gasteiger partial charge in [-0.05, 0) is 36.1 Å². The summed E-state index contributed by atoms with van der Waals surface area (Å²) in [5, 5.41) is 5.18. The Morgan fingerprint density at radius 1 is 1.07 bits per heavy atom. The van der Waals surface area contributed by atoms with Crippen molar-refractivity contribution in [2.75, 3.05) is 19.0 Å². The molecule has 1 amide bonds. The number of rotatable bonds is 7. The number of para-hydroxylation sites is 1. The van der Waals surface area contributed by atoms with Gasteiger partial charge in [-0.2, -0.15) is 0 Å². The Balaban J connectivity index is 1.99. The number of anilines is 1. The van der Waals surface area contributed by atoms with E-state index in [0.717, 1.165) is 11.1 Å². The van der Waals surface area contributed by atoms with E-state index in [0.29, 0.717) is 27.8 Å². The smallest absolute Gasteiger partial charge is 0.341 e. The number of hydrogen-bond acceptors (Lipinski definition) is 5. The van der Waals surface area contributed by atoms with E-state index in [1.807, 2.05) is 17.5 Å². The van der Waals surface area contributed by atoms with Crippen LogP contribution in [0.5, 0.6) is 5.75 Å². The zero-order chi connectivity index (χ0) is 21.7. The zero-order valence-corrected chi connectivity index (χ0v) is 18.3. The zero-order valence-electron chi connectivity index (χ0n) is 17.5. The maximum absolute atomic E-state index is 12.9. The number of thiophene rings is 1. The molecule has 0 unspecified atom stereocenters. The Bertz CT molecular complexity index is 1040. The molecule has 0 bridgehead atoms. The van der Waals surface area contributed by atoms with Crippen LogP contribution in [-0.2, 0) is 4.74 Å². The molecule has 3 aromatic rings. The molecule has 1 aromatic heterocycles. The van der Waals surface area contributed by atoms with Gasteiger partial charge in [0.05, 0.1) is 19.3 Å². The summed E-state index contributed by atoms with van der Waals surface area (Å²) in [7, 11) is 1.51. The Labute approximate surface area is 180 Å². The number of ether oxygens (including phenoxy) is 2. The number of esters is 1. The van der Waals surface area contributed by atoms with E-state index in [-0.39, 0.29) is 12.5 Å². The lowest BCUT2D eigenvalue weighted by molar-refractivity contribution is 0.0529. The average molecular weight is 424 g/mol. The molecule has 0 aliphatic rings. The second kappa shape index (κ2) is 9.59. The van der Waals surface area contributed by atoms with Crippen LogP contribution in [0.3, 0.4) is 0 Å². The van der Waals surface area contributed by atoms with Crippen molar-refractivity contribution in [2.24, 2.45) is 0 Å². The molecular weight excluding hydrogens is 398 g/mol. The lowest BCUT2D eigenvalue weighted by atomic mass is 9.98. The van der Waals surface area contributed by atoms with E-state index < -0.39 is 5.97 Å². The van der Waals surface area contributed by atoms with E-state index in [2.05, 4.69) is 31.3 Å². The van der Waals surface area contributed by atoms with Gasteiger partial charge >= 0.3 is 5.97 Å². The number of carbonyl (C=O) groups excluding carboxylic acids is 2. The van der Waals surface area contributed by atoms with Crippen molar-refractivity contribution < 1.29 is 19.1 Å². The van der Waals surface area contributed by atoms with Crippen LogP contribution < -0.4 is 10.1 Å². The highest BCUT2D eigenvalue weighted by molar-refractivity contribution is 7.15. The third-order valence-electron chi connectivity index (χ3n) is 4.74. The van der Waals surface area contributed by atoms with Gasteiger partial charge in [0.1, 0.15) is 16.3 Å². The Morgan fingerprint density at radius 3 is 2.40 bits per heavy atom. The second-order valence-electron chi connectivity index (χ2n) is 7.01. The molecule has 0 fully saturated rings. The van der Waals surface area contributed by atoms with E-state index >= 15 is 0 Å². The number of amides is 1. The summed E-state index contributed by atoms with van der Waals surface area (Å²) in [5.41, 5.74) is 3.62. The minimum Gasteiger partial charge on any atom is -0.496 e. The number of hydrogen-bond donors (Lipinski definition) is 1. The van der Waals surface area contributed by atoms with Gasteiger partial charge < -0.3 is 14.8 Å². The highest BCUT2D eigenvalue weighted by Crippen LogP contribution is 2.37. The van der Waals surface area contributed by atoms with Gasteiger partial charge in [-0.25, -0.2) is 4.79 Å². The molecule has 0 saturated carbocycles. The summed E-state index contributed by atoms with van der Waals surface area (Å²) in [5.74, 6) is 0.0778. The highest BCUT2D eigenvalue weighted by atomic mass is 32.1. The maximum Gasteiger partial charge on any atom is 0.341 e. The molecule has 0 aliphatic heterocycles. The molecule has 2 aromatic carbocycles.